The summed E-state index contributed by atoms with van der Waals surface area (Å²) in [5.74, 6) is -0.410. The molecular weight excluding hydrogens is 318 g/mol. The van der Waals surface area contributed by atoms with Gasteiger partial charge >= 0.3 is 5.97 Å². The van der Waals surface area contributed by atoms with Gasteiger partial charge in [0.15, 0.2) is 0 Å². The van der Waals surface area contributed by atoms with Crippen molar-refractivity contribution in [3.05, 3.63) is 29.8 Å². The second kappa shape index (κ2) is 5.96. The number of methoxy groups -OCH3 is 1. The quantitative estimate of drug-likeness (QED) is 0.845. The highest BCUT2D eigenvalue weighted by Crippen LogP contribution is 2.48. The van der Waals surface area contributed by atoms with E-state index >= 15 is 0 Å². The molecule has 0 aromatic heterocycles. The van der Waals surface area contributed by atoms with Gasteiger partial charge in [0.2, 0.25) is 5.91 Å². The van der Waals surface area contributed by atoms with Crippen LogP contribution >= 0.6 is 0 Å². The first-order valence-electron chi connectivity index (χ1n) is 7.66. The van der Waals surface area contributed by atoms with Crippen molar-refractivity contribution in [1.82, 2.24) is 4.72 Å². The highest BCUT2D eigenvalue weighted by atomic mass is 32.2. The second-order valence-corrected chi connectivity index (χ2v) is 7.95. The van der Waals surface area contributed by atoms with Gasteiger partial charge in [0.05, 0.1) is 17.6 Å². The van der Waals surface area contributed by atoms with Crippen LogP contribution in [0.2, 0.25) is 0 Å². The van der Waals surface area contributed by atoms with Gasteiger partial charge in [-0.1, -0.05) is 12.5 Å². The molecule has 2 saturated carbocycles. The minimum atomic E-state index is -3.99. The van der Waals surface area contributed by atoms with Gasteiger partial charge in [-0.25, -0.2) is 17.9 Å². The fourth-order valence-electron chi connectivity index (χ4n) is 3.74. The van der Waals surface area contributed by atoms with Gasteiger partial charge in [-0.2, -0.15) is 0 Å². The zero-order valence-corrected chi connectivity index (χ0v) is 13.6. The van der Waals surface area contributed by atoms with E-state index in [9.17, 15) is 18.0 Å². The Labute approximate surface area is 135 Å². The van der Waals surface area contributed by atoms with Crippen molar-refractivity contribution in [3.8, 4) is 0 Å². The normalized spacial score (nSPS) is 26.0. The molecule has 2 aliphatic rings. The fourth-order valence-corrected chi connectivity index (χ4v) is 4.81. The van der Waals surface area contributed by atoms with Crippen LogP contribution < -0.4 is 4.72 Å². The number of rotatable bonds is 4. The summed E-state index contributed by atoms with van der Waals surface area (Å²) in [6.07, 6.45) is 3.94. The van der Waals surface area contributed by atoms with E-state index in [0.29, 0.717) is 11.8 Å². The lowest BCUT2D eigenvalue weighted by Gasteiger charge is -2.20. The van der Waals surface area contributed by atoms with Crippen LogP contribution in [0.1, 0.15) is 36.0 Å². The number of hydrogen-bond acceptors (Lipinski definition) is 5. The average molecular weight is 337 g/mol. The molecule has 3 atom stereocenters. The summed E-state index contributed by atoms with van der Waals surface area (Å²) in [6, 6.07) is 5.47. The molecule has 6 nitrogen and oxygen atoms in total. The Morgan fingerprint density at radius 2 is 2.00 bits per heavy atom. The number of carbonyl (C=O) groups excluding carboxylic acids is 2. The number of carbonyl (C=O) groups is 2. The number of sulfonamides is 1. The Hall–Kier alpha value is -1.89. The summed E-state index contributed by atoms with van der Waals surface area (Å²) in [5, 5.41) is 0. The van der Waals surface area contributed by atoms with Crippen LogP contribution in [0.3, 0.4) is 0 Å². The van der Waals surface area contributed by atoms with Crippen LogP contribution in [0.15, 0.2) is 29.2 Å². The zero-order valence-electron chi connectivity index (χ0n) is 12.8. The van der Waals surface area contributed by atoms with E-state index in [1.807, 2.05) is 0 Å². The Morgan fingerprint density at radius 1 is 1.22 bits per heavy atom. The van der Waals surface area contributed by atoms with Crippen molar-refractivity contribution >= 4 is 21.9 Å². The van der Waals surface area contributed by atoms with Crippen LogP contribution in [0, 0.1) is 17.8 Å². The lowest BCUT2D eigenvalue weighted by atomic mass is 9.88. The minimum Gasteiger partial charge on any atom is -0.465 e. The maximum Gasteiger partial charge on any atom is 0.337 e. The van der Waals surface area contributed by atoms with E-state index in [4.69, 9.17) is 0 Å². The smallest absolute Gasteiger partial charge is 0.337 e. The molecule has 1 amide bonds. The molecule has 3 unspecified atom stereocenters. The van der Waals surface area contributed by atoms with Gasteiger partial charge in [-0.3, -0.25) is 4.79 Å². The summed E-state index contributed by atoms with van der Waals surface area (Å²) < 4.78 is 31.5. The highest BCUT2D eigenvalue weighted by Gasteiger charge is 2.43. The third-order valence-electron chi connectivity index (χ3n) is 4.88. The number of benzene rings is 1. The minimum absolute atomic E-state index is 0.114. The number of fused-ring (bicyclic) bond motifs is 2. The van der Waals surface area contributed by atoms with Crippen molar-refractivity contribution in [2.45, 2.75) is 30.6 Å². The SMILES string of the molecule is COC(=O)c1cccc(S(=O)(=O)NC(=O)C2CC3CCC2C3)c1. The summed E-state index contributed by atoms with van der Waals surface area (Å²) in [4.78, 5) is 23.7. The molecule has 0 spiro atoms. The number of esters is 1. The number of amides is 1. The van der Waals surface area contributed by atoms with Crippen LogP contribution in [0.4, 0.5) is 0 Å². The van der Waals surface area contributed by atoms with Crippen molar-refractivity contribution in [1.29, 1.82) is 0 Å². The predicted molar refractivity (Wildman–Crippen MR) is 82.0 cm³/mol. The molecule has 1 aromatic carbocycles. The molecule has 2 fully saturated rings. The number of hydrogen-bond donors (Lipinski definition) is 1. The predicted octanol–water partition coefficient (Wildman–Crippen LogP) is 1.71. The molecule has 0 saturated heterocycles. The van der Waals surface area contributed by atoms with E-state index in [1.165, 1.54) is 31.4 Å². The second-order valence-electron chi connectivity index (χ2n) is 6.27. The largest absolute Gasteiger partial charge is 0.465 e. The maximum atomic E-state index is 12.4. The fraction of sp³-hybridized carbons (Fsp3) is 0.500. The van der Waals surface area contributed by atoms with Crippen LogP contribution in [-0.4, -0.2) is 27.4 Å². The van der Waals surface area contributed by atoms with Gasteiger partial charge < -0.3 is 4.74 Å². The summed E-state index contributed by atoms with van der Waals surface area (Å²) in [7, 11) is -2.76. The molecular formula is C16H19NO5S. The van der Waals surface area contributed by atoms with Crippen LogP contribution in [0.5, 0.6) is 0 Å². The average Bonchev–Trinajstić information content (AvgIpc) is 3.17. The first kappa shape index (κ1) is 16.0. The first-order valence-corrected chi connectivity index (χ1v) is 9.14. The van der Waals surface area contributed by atoms with E-state index < -0.39 is 21.9 Å². The van der Waals surface area contributed by atoms with Gasteiger partial charge in [0, 0.05) is 5.92 Å². The van der Waals surface area contributed by atoms with Gasteiger partial charge in [-0.05, 0) is 49.3 Å². The first-order chi connectivity index (χ1) is 10.9. The maximum absolute atomic E-state index is 12.4. The van der Waals surface area contributed by atoms with Crippen molar-refractivity contribution in [2.24, 2.45) is 17.8 Å². The third-order valence-corrected chi connectivity index (χ3v) is 6.22. The van der Waals surface area contributed by atoms with Crippen molar-refractivity contribution in [3.63, 3.8) is 0 Å². The van der Waals surface area contributed by atoms with E-state index in [2.05, 4.69) is 9.46 Å². The molecule has 1 N–H and O–H groups in total. The zero-order chi connectivity index (χ0) is 16.6. The van der Waals surface area contributed by atoms with Crippen LogP contribution in [-0.2, 0) is 19.6 Å². The lowest BCUT2D eigenvalue weighted by Crippen LogP contribution is -2.37. The third kappa shape index (κ3) is 3.10. The standard InChI is InChI=1S/C16H19NO5S/c1-22-16(19)12-3-2-4-13(9-12)23(20,21)17-15(18)14-8-10-5-6-11(14)7-10/h2-4,9-11,14H,5-8H2,1H3,(H,17,18). The van der Waals surface area contributed by atoms with E-state index in [0.717, 1.165) is 25.7 Å². The molecule has 0 radical (unpaired) electrons. The number of ether oxygens (including phenoxy) is 1. The number of nitrogens with one attached hydrogen (secondary N) is 1. The molecule has 2 aliphatic carbocycles. The Morgan fingerprint density at radius 3 is 2.61 bits per heavy atom. The van der Waals surface area contributed by atoms with Crippen molar-refractivity contribution < 1.29 is 22.7 Å². The Balaban J connectivity index is 1.76. The molecule has 23 heavy (non-hydrogen) atoms. The van der Waals surface area contributed by atoms with Gasteiger partial charge in [0.1, 0.15) is 0 Å². The Bertz CT molecular complexity index is 743. The molecule has 0 aliphatic heterocycles. The lowest BCUT2D eigenvalue weighted by molar-refractivity contribution is -0.124. The van der Waals surface area contributed by atoms with E-state index in [1.54, 1.807) is 0 Å². The monoisotopic (exact) mass is 337 g/mol. The Kier molecular flexibility index (Phi) is 4.14. The molecule has 0 heterocycles. The summed E-state index contributed by atoms with van der Waals surface area (Å²) in [6.45, 7) is 0. The molecule has 2 bridgehead atoms. The topological polar surface area (TPSA) is 89.5 Å². The van der Waals surface area contributed by atoms with E-state index in [-0.39, 0.29) is 16.4 Å². The van der Waals surface area contributed by atoms with Gasteiger partial charge in [-0.15, -0.1) is 0 Å². The van der Waals surface area contributed by atoms with Gasteiger partial charge in [0.25, 0.3) is 10.0 Å². The van der Waals surface area contributed by atoms with Crippen LogP contribution in [0.25, 0.3) is 0 Å². The molecule has 7 heteroatoms. The summed E-state index contributed by atoms with van der Waals surface area (Å²) >= 11 is 0. The van der Waals surface area contributed by atoms with Crippen molar-refractivity contribution in [2.75, 3.05) is 7.11 Å². The highest BCUT2D eigenvalue weighted by molar-refractivity contribution is 7.90. The molecule has 1 aromatic rings. The summed E-state index contributed by atoms with van der Waals surface area (Å²) in [5.41, 5.74) is 0.128. The molecule has 124 valence electrons. The molecule has 3 rings (SSSR count).